The summed E-state index contributed by atoms with van der Waals surface area (Å²) in [5.41, 5.74) is 1.08. The average Bonchev–Trinajstić information content (AvgIpc) is 3.21. The van der Waals surface area contributed by atoms with Crippen molar-refractivity contribution in [3.8, 4) is 0 Å². The largest absolute Gasteiger partial charge is 0.346 e. The molecule has 130 valence electrons. The Labute approximate surface area is 143 Å². The summed E-state index contributed by atoms with van der Waals surface area (Å²) in [6.07, 6.45) is 8.31. The molecule has 1 aliphatic heterocycles. The molecular weight excluding hydrogens is 302 g/mol. The van der Waals surface area contributed by atoms with E-state index in [9.17, 15) is 4.79 Å². The fourth-order valence-electron chi connectivity index (χ4n) is 3.45. The summed E-state index contributed by atoms with van der Waals surface area (Å²) in [5.74, 6) is 2.99. The van der Waals surface area contributed by atoms with E-state index in [0.717, 1.165) is 43.3 Å². The molecule has 3 heterocycles. The molecule has 24 heavy (non-hydrogen) atoms. The molecule has 1 unspecified atom stereocenters. The number of carbonyl (C=O) groups excluding carboxylic acids is 1. The molecule has 0 radical (unpaired) electrons. The van der Waals surface area contributed by atoms with Crippen LogP contribution in [0.5, 0.6) is 0 Å². The van der Waals surface area contributed by atoms with E-state index in [1.165, 1.54) is 0 Å². The Morgan fingerprint density at radius 2 is 2.25 bits per heavy atom. The van der Waals surface area contributed by atoms with Gasteiger partial charge < -0.3 is 14.5 Å². The summed E-state index contributed by atoms with van der Waals surface area (Å²) in [5, 5.41) is 0. The third kappa shape index (κ3) is 3.68. The maximum Gasteiger partial charge on any atom is 0.224 e. The number of aromatic amines is 1. The van der Waals surface area contributed by atoms with Gasteiger partial charge in [0.05, 0.1) is 0 Å². The molecule has 0 aliphatic carbocycles. The average molecular weight is 329 g/mol. The van der Waals surface area contributed by atoms with Crippen LogP contribution in [-0.2, 0) is 11.3 Å². The quantitative estimate of drug-likeness (QED) is 0.917. The minimum Gasteiger partial charge on any atom is -0.346 e. The van der Waals surface area contributed by atoms with Crippen molar-refractivity contribution in [1.29, 1.82) is 0 Å². The predicted molar refractivity (Wildman–Crippen MR) is 92.8 cm³/mol. The molecule has 2 aromatic heterocycles. The lowest BCUT2D eigenvalue weighted by Crippen LogP contribution is -2.39. The number of aromatic nitrogens is 4. The Bertz CT molecular complexity index is 687. The van der Waals surface area contributed by atoms with E-state index in [4.69, 9.17) is 0 Å². The lowest BCUT2D eigenvalue weighted by Gasteiger charge is -2.32. The molecule has 1 fully saturated rings. The van der Waals surface area contributed by atoms with Gasteiger partial charge in [0.1, 0.15) is 11.6 Å². The molecule has 0 saturated carbocycles. The van der Waals surface area contributed by atoms with Crippen molar-refractivity contribution in [2.24, 2.45) is 0 Å². The summed E-state index contributed by atoms with van der Waals surface area (Å²) < 4.78 is 2.10. The Hall–Kier alpha value is -2.11. The molecule has 6 nitrogen and oxygen atoms in total. The van der Waals surface area contributed by atoms with E-state index in [2.05, 4.69) is 33.4 Å². The number of carbonyl (C=O) groups is 1. The first-order chi connectivity index (χ1) is 11.5. The molecule has 1 amide bonds. The molecule has 0 bridgehead atoms. The van der Waals surface area contributed by atoms with Crippen LogP contribution in [0, 0.1) is 6.92 Å². The number of likely N-dealkylation sites (tertiary alicyclic amines) is 1. The Balaban J connectivity index is 1.57. The predicted octanol–water partition coefficient (Wildman–Crippen LogP) is 2.83. The fourth-order valence-corrected chi connectivity index (χ4v) is 3.45. The highest BCUT2D eigenvalue weighted by molar-refractivity contribution is 5.76. The number of nitrogens with zero attached hydrogens (tertiary/aromatic N) is 4. The monoisotopic (exact) mass is 329 g/mol. The number of hydrogen-bond donors (Lipinski definition) is 1. The standard InChI is InChI=1S/C18H27N5O/c1-13(2)18-19-7-10-22(18)9-6-16(24)23-8-4-5-15(12-23)17-20-11-14(3)21-17/h7,10-11,13,15H,4-6,8-9,12H2,1-3H3,(H,20,21). The van der Waals surface area contributed by atoms with Crippen molar-refractivity contribution >= 4 is 5.91 Å². The number of amides is 1. The second kappa shape index (κ2) is 7.20. The highest BCUT2D eigenvalue weighted by Crippen LogP contribution is 2.25. The van der Waals surface area contributed by atoms with Crippen molar-refractivity contribution in [2.45, 2.75) is 58.4 Å². The normalized spacial score (nSPS) is 18.3. The van der Waals surface area contributed by atoms with Gasteiger partial charge in [-0.25, -0.2) is 9.97 Å². The third-order valence-electron chi connectivity index (χ3n) is 4.71. The number of hydrogen-bond acceptors (Lipinski definition) is 3. The van der Waals surface area contributed by atoms with Crippen LogP contribution >= 0.6 is 0 Å². The van der Waals surface area contributed by atoms with Crippen molar-refractivity contribution in [2.75, 3.05) is 13.1 Å². The number of rotatable bonds is 5. The van der Waals surface area contributed by atoms with E-state index < -0.39 is 0 Å². The minimum atomic E-state index is 0.228. The van der Waals surface area contributed by atoms with E-state index in [1.54, 1.807) is 0 Å². The van der Waals surface area contributed by atoms with Gasteiger partial charge in [0.2, 0.25) is 5.91 Å². The van der Waals surface area contributed by atoms with Gasteiger partial charge in [-0.15, -0.1) is 0 Å². The second-order valence-corrected chi connectivity index (χ2v) is 7.01. The molecule has 1 atom stereocenters. The van der Waals surface area contributed by atoms with Crippen LogP contribution in [0.2, 0.25) is 0 Å². The van der Waals surface area contributed by atoms with Gasteiger partial charge in [0.25, 0.3) is 0 Å². The Kier molecular flexibility index (Phi) is 5.02. The number of H-pyrrole nitrogens is 1. The zero-order chi connectivity index (χ0) is 17.1. The topological polar surface area (TPSA) is 66.8 Å². The smallest absolute Gasteiger partial charge is 0.224 e. The van der Waals surface area contributed by atoms with Crippen LogP contribution < -0.4 is 0 Å². The summed E-state index contributed by atoms with van der Waals surface area (Å²) in [7, 11) is 0. The zero-order valence-electron chi connectivity index (χ0n) is 14.8. The molecule has 1 N–H and O–H groups in total. The SMILES string of the molecule is Cc1cnc(C2CCCN(C(=O)CCn3ccnc3C(C)C)C2)[nH]1. The first kappa shape index (κ1) is 16.7. The van der Waals surface area contributed by atoms with Gasteiger partial charge in [-0.05, 0) is 19.8 Å². The lowest BCUT2D eigenvalue weighted by molar-refractivity contribution is -0.132. The van der Waals surface area contributed by atoms with Crippen molar-refractivity contribution < 1.29 is 4.79 Å². The maximum atomic E-state index is 12.6. The Morgan fingerprint density at radius 1 is 1.42 bits per heavy atom. The molecule has 3 rings (SSSR count). The van der Waals surface area contributed by atoms with Crippen LogP contribution in [0.15, 0.2) is 18.6 Å². The van der Waals surface area contributed by atoms with Crippen LogP contribution in [0.4, 0.5) is 0 Å². The highest BCUT2D eigenvalue weighted by atomic mass is 16.2. The number of imidazole rings is 2. The van der Waals surface area contributed by atoms with Gasteiger partial charge in [-0.2, -0.15) is 0 Å². The number of aryl methyl sites for hydroxylation is 2. The molecular formula is C18H27N5O. The van der Waals surface area contributed by atoms with E-state index in [1.807, 2.05) is 30.4 Å². The highest BCUT2D eigenvalue weighted by Gasteiger charge is 2.26. The molecule has 0 aromatic carbocycles. The molecule has 0 spiro atoms. The first-order valence-corrected chi connectivity index (χ1v) is 8.85. The number of piperidine rings is 1. The molecule has 2 aromatic rings. The van der Waals surface area contributed by atoms with Gasteiger partial charge in [-0.1, -0.05) is 13.8 Å². The zero-order valence-corrected chi connectivity index (χ0v) is 14.8. The summed E-state index contributed by atoms with van der Waals surface area (Å²) in [4.78, 5) is 26.8. The summed E-state index contributed by atoms with van der Waals surface area (Å²) in [6.45, 7) is 8.60. The van der Waals surface area contributed by atoms with Gasteiger partial charge in [0.15, 0.2) is 0 Å². The third-order valence-corrected chi connectivity index (χ3v) is 4.71. The molecule has 1 aliphatic rings. The van der Waals surface area contributed by atoms with Crippen molar-refractivity contribution in [3.05, 3.63) is 35.9 Å². The van der Waals surface area contributed by atoms with Gasteiger partial charge in [-0.3, -0.25) is 4.79 Å². The first-order valence-electron chi connectivity index (χ1n) is 8.85. The van der Waals surface area contributed by atoms with Gasteiger partial charge >= 0.3 is 0 Å². The van der Waals surface area contributed by atoms with Crippen LogP contribution in [0.25, 0.3) is 0 Å². The van der Waals surface area contributed by atoms with Crippen molar-refractivity contribution in [1.82, 2.24) is 24.4 Å². The van der Waals surface area contributed by atoms with Crippen LogP contribution in [0.1, 0.15) is 62.3 Å². The van der Waals surface area contributed by atoms with Gasteiger partial charge in [0, 0.05) is 62.2 Å². The molecule has 1 saturated heterocycles. The summed E-state index contributed by atoms with van der Waals surface area (Å²) in [6, 6.07) is 0. The summed E-state index contributed by atoms with van der Waals surface area (Å²) >= 11 is 0. The van der Waals surface area contributed by atoms with E-state index in [-0.39, 0.29) is 5.91 Å². The minimum absolute atomic E-state index is 0.228. The lowest BCUT2D eigenvalue weighted by atomic mass is 9.97. The van der Waals surface area contributed by atoms with E-state index >= 15 is 0 Å². The second-order valence-electron chi connectivity index (χ2n) is 7.01. The van der Waals surface area contributed by atoms with Crippen LogP contribution in [-0.4, -0.2) is 43.4 Å². The molecule has 6 heteroatoms. The fraction of sp³-hybridized carbons (Fsp3) is 0.611. The van der Waals surface area contributed by atoms with Crippen molar-refractivity contribution in [3.63, 3.8) is 0 Å². The Morgan fingerprint density at radius 3 is 2.96 bits per heavy atom. The van der Waals surface area contributed by atoms with Crippen LogP contribution in [0.3, 0.4) is 0 Å². The number of nitrogens with one attached hydrogen (secondary N) is 1. The van der Waals surface area contributed by atoms with E-state index in [0.29, 0.717) is 24.8 Å². The maximum absolute atomic E-state index is 12.6.